The van der Waals surface area contributed by atoms with Crippen LogP contribution >= 0.6 is 23.2 Å². The second kappa shape index (κ2) is 5.25. The molecule has 2 rings (SSSR count). The largest absolute Gasteiger partial charge is 0.507 e. The summed E-state index contributed by atoms with van der Waals surface area (Å²) in [6, 6.07) is 5.76. The van der Waals surface area contributed by atoms with Crippen LogP contribution in [0.1, 0.15) is 10.4 Å². The van der Waals surface area contributed by atoms with Gasteiger partial charge in [-0.15, -0.1) is 0 Å². The molecular weight excluding hydrogens is 275 g/mol. The Hall–Kier alpha value is -1.78. The highest BCUT2D eigenvalue weighted by molar-refractivity contribution is 6.34. The maximum atomic E-state index is 11.9. The third kappa shape index (κ3) is 2.72. The first-order chi connectivity index (χ1) is 8.58. The number of phenolic OH excluding ortho intramolecular Hbond substituents is 1. The van der Waals surface area contributed by atoms with Crippen molar-refractivity contribution in [3.63, 3.8) is 0 Å². The fraction of sp³-hybridized carbons (Fsp3) is 0. The van der Waals surface area contributed by atoms with Crippen LogP contribution in [0.5, 0.6) is 5.75 Å². The summed E-state index contributed by atoms with van der Waals surface area (Å²) < 4.78 is 0. The van der Waals surface area contributed by atoms with Crippen molar-refractivity contribution in [2.24, 2.45) is 0 Å². The lowest BCUT2D eigenvalue weighted by molar-refractivity contribution is 0.102. The van der Waals surface area contributed by atoms with Crippen LogP contribution in [0.4, 0.5) is 5.69 Å². The molecule has 0 atom stereocenters. The Balaban J connectivity index is 2.28. The lowest BCUT2D eigenvalue weighted by Gasteiger charge is -2.08. The summed E-state index contributed by atoms with van der Waals surface area (Å²) in [6.45, 7) is 0. The summed E-state index contributed by atoms with van der Waals surface area (Å²) in [5, 5.41) is 12.8. The van der Waals surface area contributed by atoms with E-state index < -0.39 is 5.91 Å². The number of hydrogen-bond donors (Lipinski definition) is 2. The first-order valence-corrected chi connectivity index (χ1v) is 5.73. The van der Waals surface area contributed by atoms with Crippen LogP contribution in [0, 0.1) is 0 Å². The molecule has 0 saturated carbocycles. The van der Waals surface area contributed by atoms with Crippen LogP contribution in [0.15, 0.2) is 36.7 Å². The SMILES string of the molecule is O=C(Nc1cnccc1Cl)c1cc(Cl)ccc1O. The molecule has 1 aromatic heterocycles. The number of carbonyl (C=O) groups excluding carboxylic acids is 1. The van der Waals surface area contributed by atoms with Crippen molar-refractivity contribution >= 4 is 34.8 Å². The van der Waals surface area contributed by atoms with Gasteiger partial charge in [0.25, 0.3) is 5.91 Å². The van der Waals surface area contributed by atoms with Gasteiger partial charge in [0.1, 0.15) is 5.75 Å². The summed E-state index contributed by atoms with van der Waals surface area (Å²) in [5.41, 5.74) is 0.436. The Morgan fingerprint density at radius 3 is 2.78 bits per heavy atom. The van der Waals surface area contributed by atoms with Crippen molar-refractivity contribution in [3.8, 4) is 5.75 Å². The molecule has 0 unspecified atom stereocenters. The third-order valence-electron chi connectivity index (χ3n) is 2.22. The van der Waals surface area contributed by atoms with E-state index in [9.17, 15) is 9.90 Å². The van der Waals surface area contributed by atoms with Gasteiger partial charge in [0.15, 0.2) is 0 Å². The number of aromatic nitrogens is 1. The zero-order chi connectivity index (χ0) is 13.1. The van der Waals surface area contributed by atoms with E-state index in [1.54, 1.807) is 6.07 Å². The summed E-state index contributed by atoms with van der Waals surface area (Å²) in [4.78, 5) is 15.8. The maximum absolute atomic E-state index is 11.9. The highest BCUT2D eigenvalue weighted by Gasteiger charge is 2.13. The smallest absolute Gasteiger partial charge is 0.259 e. The van der Waals surface area contributed by atoms with Crippen molar-refractivity contribution in [1.82, 2.24) is 4.98 Å². The molecule has 18 heavy (non-hydrogen) atoms. The first kappa shape index (κ1) is 12.7. The average Bonchev–Trinajstić information content (AvgIpc) is 2.35. The zero-order valence-corrected chi connectivity index (χ0v) is 10.5. The number of phenols is 1. The van der Waals surface area contributed by atoms with Crippen molar-refractivity contribution in [2.45, 2.75) is 0 Å². The molecule has 2 aromatic rings. The summed E-state index contributed by atoms with van der Waals surface area (Å²) in [5.74, 6) is -0.665. The monoisotopic (exact) mass is 282 g/mol. The van der Waals surface area contributed by atoms with Gasteiger partial charge in [0.2, 0.25) is 0 Å². The number of aromatic hydroxyl groups is 1. The molecule has 0 spiro atoms. The zero-order valence-electron chi connectivity index (χ0n) is 9.02. The van der Waals surface area contributed by atoms with E-state index in [1.807, 2.05) is 0 Å². The van der Waals surface area contributed by atoms with Gasteiger partial charge in [-0.2, -0.15) is 0 Å². The van der Waals surface area contributed by atoms with Crippen LogP contribution in [-0.2, 0) is 0 Å². The average molecular weight is 283 g/mol. The maximum Gasteiger partial charge on any atom is 0.259 e. The standard InChI is InChI=1S/C12H8Cl2N2O2/c13-7-1-2-11(17)8(5-7)12(18)16-10-6-15-4-3-9(10)14/h1-6,17H,(H,16,18). The second-order valence-electron chi connectivity index (χ2n) is 3.47. The Morgan fingerprint density at radius 2 is 2.06 bits per heavy atom. The van der Waals surface area contributed by atoms with Gasteiger partial charge in [0, 0.05) is 11.2 Å². The first-order valence-electron chi connectivity index (χ1n) is 4.97. The highest BCUT2D eigenvalue weighted by Crippen LogP contribution is 2.24. The molecule has 0 aliphatic heterocycles. The lowest BCUT2D eigenvalue weighted by Crippen LogP contribution is -2.12. The van der Waals surface area contributed by atoms with Gasteiger partial charge in [-0.25, -0.2) is 0 Å². The van der Waals surface area contributed by atoms with E-state index in [2.05, 4.69) is 10.3 Å². The van der Waals surface area contributed by atoms with E-state index in [0.717, 1.165) is 0 Å². The van der Waals surface area contributed by atoms with Crippen LogP contribution in [0.2, 0.25) is 10.0 Å². The number of nitrogens with one attached hydrogen (secondary N) is 1. The molecule has 1 heterocycles. The van der Waals surface area contributed by atoms with Gasteiger partial charge < -0.3 is 10.4 Å². The van der Waals surface area contributed by atoms with Crippen molar-refractivity contribution in [1.29, 1.82) is 0 Å². The molecule has 1 aromatic carbocycles. The van der Waals surface area contributed by atoms with Gasteiger partial charge in [-0.05, 0) is 24.3 Å². The van der Waals surface area contributed by atoms with Crippen LogP contribution in [0.25, 0.3) is 0 Å². The van der Waals surface area contributed by atoms with E-state index in [1.165, 1.54) is 30.6 Å². The van der Waals surface area contributed by atoms with Crippen LogP contribution in [-0.4, -0.2) is 16.0 Å². The summed E-state index contributed by atoms with van der Waals surface area (Å²) in [6.07, 6.45) is 2.93. The summed E-state index contributed by atoms with van der Waals surface area (Å²) >= 11 is 11.6. The molecule has 4 nitrogen and oxygen atoms in total. The Bertz CT molecular complexity index is 602. The topological polar surface area (TPSA) is 62.2 Å². The molecular formula is C12H8Cl2N2O2. The van der Waals surface area contributed by atoms with Crippen molar-refractivity contribution < 1.29 is 9.90 Å². The van der Waals surface area contributed by atoms with Gasteiger partial charge in [0.05, 0.1) is 22.5 Å². The highest BCUT2D eigenvalue weighted by atomic mass is 35.5. The number of rotatable bonds is 2. The predicted molar refractivity (Wildman–Crippen MR) is 70.3 cm³/mol. The van der Waals surface area contributed by atoms with Crippen LogP contribution in [0.3, 0.4) is 0 Å². The minimum Gasteiger partial charge on any atom is -0.507 e. The van der Waals surface area contributed by atoms with E-state index in [4.69, 9.17) is 23.2 Å². The molecule has 0 radical (unpaired) electrons. The van der Waals surface area contributed by atoms with Crippen LogP contribution < -0.4 is 5.32 Å². The molecule has 0 aliphatic carbocycles. The molecule has 2 N–H and O–H groups in total. The van der Waals surface area contributed by atoms with E-state index in [0.29, 0.717) is 15.7 Å². The quantitative estimate of drug-likeness (QED) is 0.888. The third-order valence-corrected chi connectivity index (χ3v) is 2.78. The fourth-order valence-corrected chi connectivity index (χ4v) is 1.67. The Labute approximate surface area is 113 Å². The molecule has 0 bridgehead atoms. The lowest BCUT2D eigenvalue weighted by atomic mass is 10.2. The Kier molecular flexibility index (Phi) is 3.69. The molecule has 6 heteroatoms. The molecule has 0 aliphatic rings. The van der Waals surface area contributed by atoms with Crippen molar-refractivity contribution in [2.75, 3.05) is 5.32 Å². The predicted octanol–water partition coefficient (Wildman–Crippen LogP) is 3.35. The molecule has 1 amide bonds. The van der Waals surface area contributed by atoms with Crippen molar-refractivity contribution in [3.05, 3.63) is 52.3 Å². The fourth-order valence-electron chi connectivity index (χ4n) is 1.35. The summed E-state index contributed by atoms with van der Waals surface area (Å²) in [7, 11) is 0. The molecule has 0 saturated heterocycles. The molecule has 92 valence electrons. The minimum absolute atomic E-state index is 0.0717. The number of carbonyl (C=O) groups is 1. The molecule has 0 fully saturated rings. The number of pyridine rings is 1. The Morgan fingerprint density at radius 1 is 1.28 bits per heavy atom. The normalized spacial score (nSPS) is 10.1. The second-order valence-corrected chi connectivity index (χ2v) is 4.31. The number of halogens is 2. The van der Waals surface area contributed by atoms with Gasteiger partial charge in [-0.1, -0.05) is 23.2 Å². The number of benzene rings is 1. The number of anilines is 1. The minimum atomic E-state index is -0.509. The van der Waals surface area contributed by atoms with Gasteiger partial charge in [-0.3, -0.25) is 9.78 Å². The van der Waals surface area contributed by atoms with E-state index in [-0.39, 0.29) is 11.3 Å². The number of amides is 1. The number of nitrogens with zero attached hydrogens (tertiary/aromatic N) is 1. The number of hydrogen-bond acceptors (Lipinski definition) is 3. The van der Waals surface area contributed by atoms with E-state index >= 15 is 0 Å². The van der Waals surface area contributed by atoms with Gasteiger partial charge >= 0.3 is 0 Å².